The van der Waals surface area contributed by atoms with Crippen LogP contribution in [0.3, 0.4) is 0 Å². The van der Waals surface area contributed by atoms with E-state index in [1.54, 1.807) is 0 Å². The molecule has 2 atom stereocenters. The van der Waals surface area contributed by atoms with Crippen LogP contribution in [0.2, 0.25) is 0 Å². The molecule has 1 fully saturated rings. The van der Waals surface area contributed by atoms with Crippen molar-refractivity contribution in [1.29, 1.82) is 0 Å². The number of hydrogen-bond acceptors (Lipinski definition) is 4. The van der Waals surface area contributed by atoms with Crippen LogP contribution in [0.25, 0.3) is 0 Å². The van der Waals surface area contributed by atoms with Gasteiger partial charge in [-0.15, -0.1) is 0 Å². The molecular weight excluding hydrogens is 268 g/mol. The molecule has 1 heterocycles. The van der Waals surface area contributed by atoms with Crippen LogP contribution in [0.5, 0.6) is 0 Å². The monoisotopic (exact) mass is 292 g/mol. The van der Waals surface area contributed by atoms with Crippen molar-refractivity contribution in [3.63, 3.8) is 0 Å². The van der Waals surface area contributed by atoms with E-state index in [2.05, 4.69) is 5.32 Å². The van der Waals surface area contributed by atoms with E-state index in [0.29, 0.717) is 26.2 Å². The minimum atomic E-state index is -0.252. The highest BCUT2D eigenvalue weighted by molar-refractivity contribution is 5.76. The summed E-state index contributed by atoms with van der Waals surface area (Å²) in [5.41, 5.74) is 6.99. The van der Waals surface area contributed by atoms with Crippen molar-refractivity contribution in [1.82, 2.24) is 5.32 Å². The molecule has 21 heavy (non-hydrogen) atoms. The molecule has 116 valence electrons. The fraction of sp³-hybridized carbons (Fsp3) is 0.562. The van der Waals surface area contributed by atoms with E-state index < -0.39 is 0 Å². The summed E-state index contributed by atoms with van der Waals surface area (Å²) >= 11 is 0. The maximum Gasteiger partial charge on any atom is 0.221 e. The molecule has 5 nitrogen and oxygen atoms in total. The molecule has 1 saturated heterocycles. The van der Waals surface area contributed by atoms with Crippen LogP contribution in [0, 0.1) is 0 Å². The second-order valence-electron chi connectivity index (χ2n) is 5.28. The fourth-order valence-corrected chi connectivity index (χ4v) is 2.28. The summed E-state index contributed by atoms with van der Waals surface area (Å²) in [4.78, 5) is 11.8. The average molecular weight is 292 g/mol. The van der Waals surface area contributed by atoms with Crippen molar-refractivity contribution in [3.05, 3.63) is 35.9 Å². The third-order valence-electron chi connectivity index (χ3n) is 3.52. The first-order valence-electron chi connectivity index (χ1n) is 7.52. The lowest BCUT2D eigenvalue weighted by atomic mass is 10.0. The number of hydrogen-bond donors (Lipinski definition) is 2. The highest BCUT2D eigenvalue weighted by Gasteiger charge is 2.15. The standard InChI is InChI=1S/C16H24N2O3/c17-15(13-5-2-1-3-6-13)11-16(19)18-8-4-9-21-14-7-10-20-12-14/h1-3,5-6,14-15H,4,7-12,17H2,(H,18,19). The lowest BCUT2D eigenvalue weighted by molar-refractivity contribution is -0.121. The minimum absolute atomic E-state index is 0.0180. The van der Waals surface area contributed by atoms with Crippen molar-refractivity contribution in [3.8, 4) is 0 Å². The molecule has 5 heteroatoms. The molecule has 1 amide bonds. The van der Waals surface area contributed by atoms with Gasteiger partial charge in [0.15, 0.2) is 0 Å². The third kappa shape index (κ3) is 5.83. The van der Waals surface area contributed by atoms with Gasteiger partial charge in [-0.05, 0) is 18.4 Å². The van der Waals surface area contributed by atoms with Gasteiger partial charge in [0.05, 0.1) is 12.7 Å². The highest BCUT2D eigenvalue weighted by atomic mass is 16.5. The first kappa shape index (κ1) is 15.9. The molecular formula is C16H24N2O3. The lowest BCUT2D eigenvalue weighted by Crippen LogP contribution is -2.29. The molecule has 1 aromatic carbocycles. The minimum Gasteiger partial charge on any atom is -0.379 e. The van der Waals surface area contributed by atoms with Crippen LogP contribution in [0.15, 0.2) is 30.3 Å². The van der Waals surface area contributed by atoms with Gasteiger partial charge in [-0.1, -0.05) is 30.3 Å². The van der Waals surface area contributed by atoms with E-state index in [1.807, 2.05) is 30.3 Å². The highest BCUT2D eigenvalue weighted by Crippen LogP contribution is 2.12. The van der Waals surface area contributed by atoms with E-state index in [4.69, 9.17) is 15.2 Å². The van der Waals surface area contributed by atoms with E-state index in [0.717, 1.165) is 25.0 Å². The number of nitrogens with two attached hydrogens (primary N) is 1. The van der Waals surface area contributed by atoms with Crippen molar-refractivity contribution in [2.75, 3.05) is 26.4 Å². The Labute approximate surface area is 125 Å². The van der Waals surface area contributed by atoms with Gasteiger partial charge in [-0.3, -0.25) is 4.79 Å². The van der Waals surface area contributed by atoms with Gasteiger partial charge in [0.1, 0.15) is 0 Å². The van der Waals surface area contributed by atoms with Gasteiger partial charge in [-0.25, -0.2) is 0 Å². The summed E-state index contributed by atoms with van der Waals surface area (Å²) in [7, 11) is 0. The SMILES string of the molecule is NC(CC(=O)NCCCOC1CCOC1)c1ccccc1. The molecule has 0 radical (unpaired) electrons. The zero-order valence-corrected chi connectivity index (χ0v) is 12.3. The Morgan fingerprint density at radius 2 is 2.24 bits per heavy atom. The Bertz CT molecular complexity index is 419. The van der Waals surface area contributed by atoms with Crippen molar-refractivity contribution < 1.29 is 14.3 Å². The topological polar surface area (TPSA) is 73.6 Å². The van der Waals surface area contributed by atoms with Crippen LogP contribution in [0.1, 0.15) is 30.9 Å². The Morgan fingerprint density at radius 3 is 2.95 bits per heavy atom. The second kappa shape index (κ2) is 8.77. The van der Waals surface area contributed by atoms with Gasteiger partial charge in [0.25, 0.3) is 0 Å². The van der Waals surface area contributed by atoms with E-state index >= 15 is 0 Å². The summed E-state index contributed by atoms with van der Waals surface area (Å²) in [6.45, 7) is 2.75. The third-order valence-corrected chi connectivity index (χ3v) is 3.52. The predicted octanol–water partition coefficient (Wildman–Crippen LogP) is 1.39. The van der Waals surface area contributed by atoms with Crippen molar-refractivity contribution >= 4 is 5.91 Å². The summed E-state index contributed by atoms with van der Waals surface area (Å²) in [5, 5.41) is 2.88. The predicted molar refractivity (Wildman–Crippen MR) is 80.8 cm³/mol. The van der Waals surface area contributed by atoms with Crippen molar-refractivity contribution in [2.45, 2.75) is 31.4 Å². The number of amides is 1. The summed E-state index contributed by atoms with van der Waals surface area (Å²) in [6.07, 6.45) is 2.31. The first-order chi connectivity index (χ1) is 10.3. The van der Waals surface area contributed by atoms with E-state index in [9.17, 15) is 4.79 Å². The Kier molecular flexibility index (Phi) is 6.66. The number of carbonyl (C=O) groups excluding carboxylic acids is 1. The molecule has 0 bridgehead atoms. The van der Waals surface area contributed by atoms with Gasteiger partial charge < -0.3 is 20.5 Å². The summed E-state index contributed by atoms with van der Waals surface area (Å²) in [5.74, 6) is -0.0180. The lowest BCUT2D eigenvalue weighted by Gasteiger charge is -2.13. The van der Waals surface area contributed by atoms with E-state index in [-0.39, 0.29) is 18.1 Å². The summed E-state index contributed by atoms with van der Waals surface area (Å²) < 4.78 is 10.9. The fourth-order valence-electron chi connectivity index (χ4n) is 2.28. The number of carbonyl (C=O) groups is 1. The van der Waals surface area contributed by atoms with Crippen LogP contribution in [-0.4, -0.2) is 38.4 Å². The molecule has 1 aromatic rings. The molecule has 0 aromatic heterocycles. The normalized spacial score (nSPS) is 19.4. The van der Waals surface area contributed by atoms with Crippen LogP contribution in [0.4, 0.5) is 0 Å². The maximum atomic E-state index is 11.8. The molecule has 3 N–H and O–H groups in total. The smallest absolute Gasteiger partial charge is 0.221 e. The average Bonchev–Trinajstić information content (AvgIpc) is 3.01. The van der Waals surface area contributed by atoms with Crippen LogP contribution >= 0.6 is 0 Å². The zero-order chi connectivity index (χ0) is 14.9. The number of rotatable bonds is 8. The van der Waals surface area contributed by atoms with E-state index in [1.165, 1.54) is 0 Å². The number of benzene rings is 1. The first-order valence-corrected chi connectivity index (χ1v) is 7.52. The van der Waals surface area contributed by atoms with Gasteiger partial charge in [0, 0.05) is 32.2 Å². The second-order valence-corrected chi connectivity index (χ2v) is 5.28. The largest absolute Gasteiger partial charge is 0.379 e. The molecule has 0 aliphatic carbocycles. The Morgan fingerprint density at radius 1 is 1.43 bits per heavy atom. The molecule has 0 saturated carbocycles. The number of nitrogens with one attached hydrogen (secondary N) is 1. The van der Waals surface area contributed by atoms with Gasteiger partial charge in [-0.2, -0.15) is 0 Å². The maximum absolute atomic E-state index is 11.8. The van der Waals surface area contributed by atoms with Gasteiger partial charge in [0.2, 0.25) is 5.91 Å². The Hall–Kier alpha value is -1.43. The van der Waals surface area contributed by atoms with Crippen LogP contribution < -0.4 is 11.1 Å². The molecule has 1 aliphatic heterocycles. The Balaban J connectivity index is 1.55. The summed E-state index contributed by atoms with van der Waals surface area (Å²) in [6, 6.07) is 9.42. The van der Waals surface area contributed by atoms with Crippen molar-refractivity contribution in [2.24, 2.45) is 5.73 Å². The zero-order valence-electron chi connectivity index (χ0n) is 12.3. The molecule has 1 aliphatic rings. The molecule has 2 rings (SSSR count). The molecule has 2 unspecified atom stereocenters. The number of ether oxygens (including phenoxy) is 2. The van der Waals surface area contributed by atoms with Crippen LogP contribution in [-0.2, 0) is 14.3 Å². The molecule has 0 spiro atoms. The van der Waals surface area contributed by atoms with Gasteiger partial charge >= 0.3 is 0 Å². The quantitative estimate of drug-likeness (QED) is 0.710.